The van der Waals surface area contributed by atoms with Crippen molar-refractivity contribution in [2.75, 3.05) is 78.3 Å². The topological polar surface area (TPSA) is 90.9 Å². The number of ether oxygens (including phenoxy) is 6. The van der Waals surface area contributed by atoms with Crippen molar-refractivity contribution in [3.05, 3.63) is 53.6 Å². The lowest BCUT2D eigenvalue weighted by atomic mass is 9.85. The summed E-state index contributed by atoms with van der Waals surface area (Å²) in [6.07, 6.45) is 2.72. The molecule has 2 fully saturated rings. The van der Waals surface area contributed by atoms with Gasteiger partial charge in [-0.25, -0.2) is 0 Å². The molecule has 0 saturated carbocycles. The molecule has 3 atom stereocenters. The fourth-order valence-electron chi connectivity index (χ4n) is 6.09. The Hall–Kier alpha value is -2.40. The first kappa shape index (κ1) is 30.1. The Morgan fingerprint density at radius 2 is 1.76 bits per heavy atom. The van der Waals surface area contributed by atoms with Crippen molar-refractivity contribution in [1.29, 1.82) is 0 Å². The second-order valence-corrected chi connectivity index (χ2v) is 11.3. The zero-order valence-electron chi connectivity index (χ0n) is 24.5. The van der Waals surface area contributed by atoms with Crippen molar-refractivity contribution >= 4 is 5.69 Å². The minimum absolute atomic E-state index is 0.0398. The number of hydrogen-bond donors (Lipinski definition) is 2. The van der Waals surface area contributed by atoms with Gasteiger partial charge in [-0.3, -0.25) is 0 Å². The number of piperidine rings is 1. The zero-order valence-corrected chi connectivity index (χ0v) is 24.5. The minimum atomic E-state index is -0.709. The molecule has 2 N–H and O–H groups in total. The summed E-state index contributed by atoms with van der Waals surface area (Å²) >= 11 is 0. The number of fused-ring (bicyclic) bond motifs is 1. The highest BCUT2D eigenvalue weighted by molar-refractivity contribution is 5.61. The van der Waals surface area contributed by atoms with E-state index in [2.05, 4.69) is 40.5 Å². The van der Waals surface area contributed by atoms with Crippen LogP contribution in [0.1, 0.15) is 42.7 Å². The smallest absolute Gasteiger partial charge is 0.142 e. The number of nitrogens with zero attached hydrogens (tertiary/aromatic N) is 1. The van der Waals surface area contributed by atoms with Crippen molar-refractivity contribution in [3.63, 3.8) is 0 Å². The summed E-state index contributed by atoms with van der Waals surface area (Å²) in [7, 11) is 3.42. The second kappa shape index (κ2) is 14.7. The molecule has 41 heavy (non-hydrogen) atoms. The van der Waals surface area contributed by atoms with Gasteiger partial charge in [0.1, 0.15) is 18.1 Å². The molecule has 3 aliphatic rings. The van der Waals surface area contributed by atoms with Gasteiger partial charge in [-0.2, -0.15) is 0 Å². The molecule has 0 aromatic heterocycles. The first-order chi connectivity index (χ1) is 20.1. The van der Waals surface area contributed by atoms with Crippen LogP contribution in [0, 0.1) is 0 Å². The Morgan fingerprint density at radius 1 is 0.976 bits per heavy atom. The van der Waals surface area contributed by atoms with E-state index in [-0.39, 0.29) is 18.1 Å². The minimum Gasteiger partial charge on any atom is -0.497 e. The molecule has 0 bridgehead atoms. The SMILES string of the molecule is COCCCN1CCOc2ccc(CO[C@H]3CNC[C@@H](OCCC4(O)CCOCC4)[C@@H]3c3ccc(OC)cc3)cc21. The van der Waals surface area contributed by atoms with Gasteiger partial charge in [-0.05, 0) is 61.1 Å². The predicted octanol–water partition coefficient (Wildman–Crippen LogP) is 3.52. The third kappa shape index (κ3) is 7.91. The van der Waals surface area contributed by atoms with Crippen molar-refractivity contribution < 1.29 is 33.5 Å². The fraction of sp³-hybridized carbons (Fsp3) is 0.625. The van der Waals surface area contributed by atoms with Gasteiger partial charge in [0.25, 0.3) is 0 Å². The average Bonchev–Trinajstić information content (AvgIpc) is 3.00. The Bertz CT molecular complexity index is 1080. The van der Waals surface area contributed by atoms with E-state index in [9.17, 15) is 5.11 Å². The van der Waals surface area contributed by atoms with Crippen LogP contribution in [-0.2, 0) is 25.6 Å². The average molecular weight is 571 g/mol. The molecule has 2 saturated heterocycles. The van der Waals surface area contributed by atoms with Gasteiger partial charge in [0.15, 0.2) is 0 Å². The van der Waals surface area contributed by atoms with Crippen LogP contribution in [0.5, 0.6) is 11.5 Å². The molecule has 9 heteroatoms. The highest BCUT2D eigenvalue weighted by Gasteiger charge is 2.37. The van der Waals surface area contributed by atoms with Crippen molar-refractivity contribution in [2.24, 2.45) is 0 Å². The molecule has 3 aliphatic heterocycles. The van der Waals surface area contributed by atoms with Crippen LogP contribution in [0.3, 0.4) is 0 Å². The first-order valence-corrected chi connectivity index (χ1v) is 15.0. The second-order valence-electron chi connectivity index (χ2n) is 11.3. The molecule has 0 amide bonds. The molecule has 2 aromatic carbocycles. The van der Waals surface area contributed by atoms with Crippen molar-refractivity contribution in [3.8, 4) is 11.5 Å². The number of nitrogens with one attached hydrogen (secondary N) is 1. The van der Waals surface area contributed by atoms with E-state index in [1.165, 1.54) is 0 Å². The number of aliphatic hydroxyl groups is 1. The molecule has 5 rings (SSSR count). The number of hydrogen-bond acceptors (Lipinski definition) is 9. The molecular formula is C32H46N2O7. The summed E-state index contributed by atoms with van der Waals surface area (Å²) in [4.78, 5) is 2.37. The molecule has 3 heterocycles. The summed E-state index contributed by atoms with van der Waals surface area (Å²) < 4.78 is 35.2. The molecule has 0 unspecified atom stereocenters. The van der Waals surface area contributed by atoms with Gasteiger partial charge >= 0.3 is 0 Å². The van der Waals surface area contributed by atoms with E-state index >= 15 is 0 Å². The third-order valence-corrected chi connectivity index (χ3v) is 8.54. The summed E-state index contributed by atoms with van der Waals surface area (Å²) in [6, 6.07) is 14.6. The van der Waals surface area contributed by atoms with Gasteiger partial charge in [-0.15, -0.1) is 0 Å². The van der Waals surface area contributed by atoms with Crippen LogP contribution in [0.4, 0.5) is 5.69 Å². The number of anilines is 1. The lowest BCUT2D eigenvalue weighted by molar-refractivity contribution is -0.0987. The highest BCUT2D eigenvalue weighted by Crippen LogP contribution is 2.35. The molecule has 2 aromatic rings. The maximum absolute atomic E-state index is 10.9. The van der Waals surface area contributed by atoms with Crippen LogP contribution in [0.2, 0.25) is 0 Å². The van der Waals surface area contributed by atoms with E-state index in [0.717, 1.165) is 67.5 Å². The quantitative estimate of drug-likeness (QED) is 0.351. The number of benzene rings is 2. The lowest BCUT2D eigenvalue weighted by Crippen LogP contribution is -2.51. The zero-order chi connectivity index (χ0) is 28.5. The van der Waals surface area contributed by atoms with E-state index in [4.69, 9.17) is 28.4 Å². The first-order valence-electron chi connectivity index (χ1n) is 15.0. The summed E-state index contributed by atoms with van der Waals surface area (Å²) in [5.41, 5.74) is 2.69. The Balaban J connectivity index is 1.27. The lowest BCUT2D eigenvalue weighted by Gasteiger charge is -2.39. The molecule has 0 aliphatic carbocycles. The van der Waals surface area contributed by atoms with Crippen molar-refractivity contribution in [2.45, 2.75) is 56.0 Å². The number of rotatable bonds is 13. The maximum atomic E-state index is 10.9. The van der Waals surface area contributed by atoms with Crippen LogP contribution in [-0.4, -0.2) is 96.3 Å². The standard InChI is InChI=1S/C32H46N2O7/c1-36-15-3-13-34-14-19-40-28-9-4-24(20-27(28)34)23-41-30-22-33-21-29(31(30)25-5-7-26(37-2)8-6-25)39-18-12-32(35)10-16-38-17-11-32/h4-9,20,29-31,33,35H,3,10-19,21-23H2,1-2H3/t29-,30+,31+/m1/s1. The van der Waals surface area contributed by atoms with Crippen LogP contribution >= 0.6 is 0 Å². The molecule has 0 radical (unpaired) electrons. The highest BCUT2D eigenvalue weighted by atomic mass is 16.5. The molecule has 9 nitrogen and oxygen atoms in total. The molecule has 226 valence electrons. The monoisotopic (exact) mass is 570 g/mol. The van der Waals surface area contributed by atoms with Crippen LogP contribution in [0.25, 0.3) is 0 Å². The number of methoxy groups -OCH3 is 2. The van der Waals surface area contributed by atoms with Gasteiger partial charge in [0, 0.05) is 59.1 Å². The summed E-state index contributed by atoms with van der Waals surface area (Å²) in [6.45, 7) is 6.89. The molecular weight excluding hydrogens is 524 g/mol. The molecule has 0 spiro atoms. The van der Waals surface area contributed by atoms with Crippen molar-refractivity contribution in [1.82, 2.24) is 5.32 Å². The van der Waals surface area contributed by atoms with Gasteiger partial charge in [0.2, 0.25) is 0 Å². The Kier molecular flexibility index (Phi) is 10.8. The fourth-order valence-corrected chi connectivity index (χ4v) is 6.09. The van der Waals surface area contributed by atoms with Crippen LogP contribution in [0.15, 0.2) is 42.5 Å². The summed E-state index contributed by atoms with van der Waals surface area (Å²) in [5, 5.41) is 14.5. The van der Waals surface area contributed by atoms with Gasteiger partial charge in [-0.1, -0.05) is 18.2 Å². The van der Waals surface area contributed by atoms with E-state index < -0.39 is 5.60 Å². The maximum Gasteiger partial charge on any atom is 0.142 e. The predicted molar refractivity (Wildman–Crippen MR) is 157 cm³/mol. The third-order valence-electron chi connectivity index (χ3n) is 8.54. The van der Waals surface area contributed by atoms with Gasteiger partial charge < -0.3 is 43.7 Å². The largest absolute Gasteiger partial charge is 0.497 e. The summed E-state index contributed by atoms with van der Waals surface area (Å²) in [5.74, 6) is 1.79. The van der Waals surface area contributed by atoms with E-state index in [1.54, 1.807) is 14.2 Å². The Morgan fingerprint density at radius 3 is 2.51 bits per heavy atom. The Labute approximate surface area is 244 Å². The van der Waals surface area contributed by atoms with E-state index in [0.29, 0.717) is 52.3 Å². The van der Waals surface area contributed by atoms with E-state index in [1.807, 2.05) is 12.1 Å². The van der Waals surface area contributed by atoms with Gasteiger partial charge in [0.05, 0.1) is 43.8 Å². The normalized spacial score (nSPS) is 24.0. The van der Waals surface area contributed by atoms with Crippen LogP contribution < -0.4 is 19.7 Å².